The van der Waals surface area contributed by atoms with E-state index in [1.807, 2.05) is 15.9 Å². The molecule has 3 aliphatic heterocycles. The molecule has 1 aromatic carbocycles. The molecule has 5 rings (SSSR count). The zero-order valence-corrected chi connectivity index (χ0v) is 21.6. The molecule has 6 heteroatoms. The summed E-state index contributed by atoms with van der Waals surface area (Å²) in [6.45, 7) is 8.89. The van der Waals surface area contributed by atoms with Crippen molar-refractivity contribution in [2.75, 3.05) is 32.7 Å². The summed E-state index contributed by atoms with van der Waals surface area (Å²) in [6, 6.07) is 5.66. The van der Waals surface area contributed by atoms with Crippen LogP contribution in [0.15, 0.2) is 18.2 Å². The highest BCUT2D eigenvalue weighted by Gasteiger charge is 2.49. The van der Waals surface area contributed by atoms with Gasteiger partial charge in [-0.05, 0) is 99.6 Å². The third kappa shape index (κ3) is 4.87. The van der Waals surface area contributed by atoms with Crippen LogP contribution in [0.4, 0.5) is 4.39 Å². The molecule has 0 radical (unpaired) electrons. The number of amides is 2. The summed E-state index contributed by atoms with van der Waals surface area (Å²) >= 11 is 0. The number of carbonyl (C=O) groups excluding carboxylic acids is 2. The van der Waals surface area contributed by atoms with Gasteiger partial charge in [0.2, 0.25) is 11.8 Å². The smallest absolute Gasteiger partial charge is 0.233 e. The maximum absolute atomic E-state index is 14.2. The molecule has 0 aromatic heterocycles. The van der Waals surface area contributed by atoms with E-state index in [0.29, 0.717) is 32.1 Å². The Balaban J connectivity index is 1.30. The predicted octanol–water partition coefficient (Wildman–Crippen LogP) is 4.73. The highest BCUT2D eigenvalue weighted by molar-refractivity contribution is 5.90. The fourth-order valence-corrected chi connectivity index (χ4v) is 7.26. The molecule has 3 fully saturated rings. The quantitative estimate of drug-likeness (QED) is 0.608. The van der Waals surface area contributed by atoms with Crippen LogP contribution in [0.5, 0.6) is 0 Å². The summed E-state index contributed by atoms with van der Waals surface area (Å²) in [5.41, 5.74) is 1.43. The molecule has 4 aliphatic rings. The molecule has 35 heavy (non-hydrogen) atoms. The Kier molecular flexibility index (Phi) is 7.20. The first kappa shape index (κ1) is 24.7. The van der Waals surface area contributed by atoms with E-state index in [1.54, 1.807) is 6.07 Å². The number of nitrogens with zero attached hydrogens (tertiary/aromatic N) is 3. The van der Waals surface area contributed by atoms with E-state index in [1.165, 1.54) is 31.7 Å². The van der Waals surface area contributed by atoms with Gasteiger partial charge in [-0.25, -0.2) is 4.39 Å². The lowest BCUT2D eigenvalue weighted by Crippen LogP contribution is -2.58. The minimum Gasteiger partial charge on any atom is -0.341 e. The standard InChI is InChI=1S/C29H42FN3O2/c1-21(2)22-6-9-25(10-7-22)31-15-12-29(13-16-31)26-11-8-24(30)19-23(26)20-33(28(29)35)18-17-32-14-4-3-5-27(32)34/h8,11,19,21-22,25H,3-7,9-10,12-18,20H2,1-2H3. The molecule has 1 aliphatic carbocycles. The molecular formula is C29H42FN3O2. The van der Waals surface area contributed by atoms with E-state index in [2.05, 4.69) is 18.7 Å². The van der Waals surface area contributed by atoms with E-state index >= 15 is 0 Å². The van der Waals surface area contributed by atoms with Crippen molar-refractivity contribution in [3.63, 3.8) is 0 Å². The lowest BCUT2D eigenvalue weighted by molar-refractivity contribution is -0.144. The maximum atomic E-state index is 14.2. The number of rotatable bonds is 5. The van der Waals surface area contributed by atoms with E-state index in [-0.39, 0.29) is 17.6 Å². The van der Waals surface area contributed by atoms with Gasteiger partial charge < -0.3 is 14.7 Å². The van der Waals surface area contributed by atoms with Gasteiger partial charge in [-0.3, -0.25) is 9.59 Å². The summed E-state index contributed by atoms with van der Waals surface area (Å²) in [4.78, 5) is 32.8. The molecule has 5 nitrogen and oxygen atoms in total. The summed E-state index contributed by atoms with van der Waals surface area (Å²) in [5, 5.41) is 0. The highest BCUT2D eigenvalue weighted by Crippen LogP contribution is 2.44. The molecule has 192 valence electrons. The van der Waals surface area contributed by atoms with Gasteiger partial charge in [0.1, 0.15) is 5.82 Å². The van der Waals surface area contributed by atoms with Crippen LogP contribution in [-0.4, -0.2) is 65.3 Å². The van der Waals surface area contributed by atoms with Gasteiger partial charge in [-0.15, -0.1) is 0 Å². The Labute approximate surface area is 210 Å². The Morgan fingerprint density at radius 2 is 1.69 bits per heavy atom. The molecule has 0 bridgehead atoms. The second kappa shape index (κ2) is 10.2. The van der Waals surface area contributed by atoms with Crippen molar-refractivity contribution in [2.24, 2.45) is 11.8 Å². The van der Waals surface area contributed by atoms with Gasteiger partial charge in [0.05, 0.1) is 5.41 Å². The van der Waals surface area contributed by atoms with Crippen LogP contribution in [0.2, 0.25) is 0 Å². The maximum Gasteiger partial charge on any atom is 0.233 e. The highest BCUT2D eigenvalue weighted by atomic mass is 19.1. The summed E-state index contributed by atoms with van der Waals surface area (Å²) in [7, 11) is 0. The monoisotopic (exact) mass is 483 g/mol. The fourth-order valence-electron chi connectivity index (χ4n) is 7.26. The number of halogens is 1. The van der Waals surface area contributed by atoms with Crippen LogP contribution < -0.4 is 0 Å². The average Bonchev–Trinajstić information content (AvgIpc) is 2.86. The van der Waals surface area contributed by atoms with Crippen LogP contribution in [0.3, 0.4) is 0 Å². The zero-order valence-electron chi connectivity index (χ0n) is 21.6. The molecule has 1 aromatic rings. The molecule has 0 unspecified atom stereocenters. The largest absolute Gasteiger partial charge is 0.341 e. The predicted molar refractivity (Wildman–Crippen MR) is 135 cm³/mol. The van der Waals surface area contributed by atoms with Crippen LogP contribution in [-0.2, 0) is 21.5 Å². The fraction of sp³-hybridized carbons (Fsp3) is 0.724. The topological polar surface area (TPSA) is 43.9 Å². The Morgan fingerprint density at radius 3 is 2.37 bits per heavy atom. The lowest BCUT2D eigenvalue weighted by Gasteiger charge is -2.49. The molecule has 2 saturated heterocycles. The second-order valence-corrected chi connectivity index (χ2v) is 11.8. The Hall–Kier alpha value is -1.95. The third-order valence-corrected chi connectivity index (χ3v) is 9.55. The van der Waals surface area contributed by atoms with Crippen molar-refractivity contribution in [1.29, 1.82) is 0 Å². The van der Waals surface area contributed by atoms with Crippen LogP contribution in [0, 0.1) is 17.7 Å². The number of hydrogen-bond acceptors (Lipinski definition) is 3. The van der Waals surface area contributed by atoms with Crippen molar-refractivity contribution in [1.82, 2.24) is 14.7 Å². The second-order valence-electron chi connectivity index (χ2n) is 11.8. The summed E-state index contributed by atoms with van der Waals surface area (Å²) in [6.07, 6.45) is 9.36. The molecule has 2 amide bonds. The first-order valence-corrected chi connectivity index (χ1v) is 14.0. The molecule has 0 atom stereocenters. The minimum atomic E-state index is -0.557. The van der Waals surface area contributed by atoms with E-state index in [0.717, 1.165) is 68.3 Å². The van der Waals surface area contributed by atoms with Gasteiger partial charge in [-0.1, -0.05) is 19.9 Å². The first-order valence-electron chi connectivity index (χ1n) is 14.0. The molecule has 3 heterocycles. The van der Waals surface area contributed by atoms with Crippen LogP contribution in [0.1, 0.15) is 82.8 Å². The average molecular weight is 484 g/mol. The number of hydrogen-bond donors (Lipinski definition) is 0. The van der Waals surface area contributed by atoms with Crippen molar-refractivity contribution in [3.05, 3.63) is 35.1 Å². The molecular weight excluding hydrogens is 441 g/mol. The Morgan fingerprint density at radius 1 is 0.971 bits per heavy atom. The van der Waals surface area contributed by atoms with Gasteiger partial charge in [0.25, 0.3) is 0 Å². The summed E-state index contributed by atoms with van der Waals surface area (Å²) < 4.78 is 14.2. The minimum absolute atomic E-state index is 0.184. The van der Waals surface area contributed by atoms with Gasteiger partial charge >= 0.3 is 0 Å². The lowest BCUT2D eigenvalue weighted by atomic mass is 9.67. The Bertz CT molecular complexity index is 932. The van der Waals surface area contributed by atoms with Gasteiger partial charge in [-0.2, -0.15) is 0 Å². The van der Waals surface area contributed by atoms with Crippen molar-refractivity contribution < 1.29 is 14.0 Å². The van der Waals surface area contributed by atoms with Gasteiger partial charge in [0, 0.05) is 38.6 Å². The van der Waals surface area contributed by atoms with Crippen molar-refractivity contribution in [3.8, 4) is 0 Å². The zero-order chi connectivity index (χ0) is 24.6. The van der Waals surface area contributed by atoms with Crippen molar-refractivity contribution in [2.45, 2.75) is 89.6 Å². The van der Waals surface area contributed by atoms with E-state index in [4.69, 9.17) is 0 Å². The number of fused-ring (bicyclic) bond motifs is 2. The van der Waals surface area contributed by atoms with Crippen LogP contribution in [0.25, 0.3) is 0 Å². The van der Waals surface area contributed by atoms with E-state index in [9.17, 15) is 14.0 Å². The third-order valence-electron chi connectivity index (χ3n) is 9.55. The SMILES string of the molecule is CC(C)C1CCC(N2CCC3(CC2)C(=O)N(CCN2CCCCC2=O)Cc2cc(F)ccc23)CC1. The van der Waals surface area contributed by atoms with Crippen molar-refractivity contribution >= 4 is 11.8 Å². The molecule has 0 N–H and O–H groups in total. The van der Waals surface area contributed by atoms with E-state index < -0.39 is 5.41 Å². The first-order chi connectivity index (χ1) is 16.9. The number of benzene rings is 1. The van der Waals surface area contributed by atoms with Gasteiger partial charge in [0.15, 0.2) is 0 Å². The normalized spacial score (nSPS) is 27.5. The summed E-state index contributed by atoms with van der Waals surface area (Å²) in [5.74, 6) is 1.76. The molecule has 1 spiro atoms. The number of piperidine rings is 2. The van der Waals surface area contributed by atoms with Crippen LogP contribution >= 0.6 is 0 Å². The number of carbonyl (C=O) groups is 2. The molecule has 1 saturated carbocycles. The number of likely N-dealkylation sites (tertiary alicyclic amines) is 2.